The van der Waals surface area contributed by atoms with Crippen molar-refractivity contribution in [1.82, 2.24) is 4.98 Å². The van der Waals surface area contributed by atoms with Crippen molar-refractivity contribution in [2.24, 2.45) is 0 Å². The molecule has 5 nitrogen and oxygen atoms in total. The summed E-state index contributed by atoms with van der Waals surface area (Å²) in [5, 5.41) is 0. The standard InChI is InChI=1S/C9H14NO4P/c1-3-12-15(11,13-4-2)14-9-6-5-7-10-8-9/h5-8H,3-4H2,1-2H3. The Hall–Kier alpha value is -0.900. The summed E-state index contributed by atoms with van der Waals surface area (Å²) >= 11 is 0. The highest BCUT2D eigenvalue weighted by atomic mass is 31.2. The van der Waals surface area contributed by atoms with E-state index < -0.39 is 7.82 Å². The highest BCUT2D eigenvalue weighted by Crippen LogP contribution is 2.48. The summed E-state index contributed by atoms with van der Waals surface area (Å²) in [4.78, 5) is 3.83. The molecule has 0 spiro atoms. The van der Waals surface area contributed by atoms with Gasteiger partial charge >= 0.3 is 7.82 Å². The van der Waals surface area contributed by atoms with E-state index in [0.29, 0.717) is 5.75 Å². The summed E-state index contributed by atoms with van der Waals surface area (Å²) in [6.45, 7) is 3.96. The Morgan fingerprint density at radius 2 is 2.00 bits per heavy atom. The third-order valence-electron chi connectivity index (χ3n) is 1.43. The first-order valence-corrected chi connectivity index (χ1v) is 6.15. The number of pyridine rings is 1. The van der Waals surface area contributed by atoms with Gasteiger partial charge in [-0.15, -0.1) is 0 Å². The van der Waals surface area contributed by atoms with Gasteiger partial charge in [-0.1, -0.05) is 0 Å². The Balaban J connectivity index is 2.71. The Kier molecular flexibility index (Phi) is 4.75. The van der Waals surface area contributed by atoms with Crippen LogP contribution in [0.5, 0.6) is 5.75 Å². The molecule has 15 heavy (non-hydrogen) atoms. The lowest BCUT2D eigenvalue weighted by atomic mass is 10.5. The van der Waals surface area contributed by atoms with E-state index in [1.54, 1.807) is 32.2 Å². The number of phosphoric acid groups is 1. The van der Waals surface area contributed by atoms with Crippen molar-refractivity contribution < 1.29 is 18.1 Å². The van der Waals surface area contributed by atoms with Crippen molar-refractivity contribution in [2.45, 2.75) is 13.8 Å². The van der Waals surface area contributed by atoms with E-state index in [2.05, 4.69) is 4.98 Å². The fourth-order valence-corrected chi connectivity index (χ4v) is 2.11. The Bertz CT molecular complexity index is 320. The van der Waals surface area contributed by atoms with Gasteiger partial charge in [0.15, 0.2) is 0 Å². The van der Waals surface area contributed by atoms with Crippen LogP contribution < -0.4 is 4.52 Å². The van der Waals surface area contributed by atoms with Gasteiger partial charge in [0.2, 0.25) is 0 Å². The molecule has 0 aliphatic rings. The highest BCUT2D eigenvalue weighted by molar-refractivity contribution is 7.48. The lowest BCUT2D eigenvalue weighted by molar-refractivity contribution is 0.167. The van der Waals surface area contributed by atoms with Gasteiger partial charge < -0.3 is 4.52 Å². The van der Waals surface area contributed by atoms with Crippen molar-refractivity contribution in [3.63, 3.8) is 0 Å². The maximum Gasteiger partial charge on any atom is 0.530 e. The maximum atomic E-state index is 11.9. The molecule has 0 atom stereocenters. The topological polar surface area (TPSA) is 57.7 Å². The third-order valence-corrected chi connectivity index (χ3v) is 3.01. The molecule has 0 bridgehead atoms. The fraction of sp³-hybridized carbons (Fsp3) is 0.444. The van der Waals surface area contributed by atoms with Crippen LogP contribution in [-0.4, -0.2) is 18.2 Å². The van der Waals surface area contributed by atoms with Gasteiger partial charge in [-0.25, -0.2) is 4.57 Å². The monoisotopic (exact) mass is 231 g/mol. The third kappa shape index (κ3) is 4.00. The van der Waals surface area contributed by atoms with Crippen LogP contribution in [-0.2, 0) is 13.6 Å². The van der Waals surface area contributed by atoms with Crippen LogP contribution in [0.15, 0.2) is 24.5 Å². The number of hydrogen-bond acceptors (Lipinski definition) is 5. The second-order valence-corrected chi connectivity index (χ2v) is 4.16. The van der Waals surface area contributed by atoms with Crippen molar-refractivity contribution in [3.8, 4) is 5.75 Å². The molecule has 84 valence electrons. The van der Waals surface area contributed by atoms with Gasteiger partial charge in [0.05, 0.1) is 19.4 Å². The zero-order chi connectivity index (χ0) is 11.1. The minimum atomic E-state index is -3.48. The summed E-state index contributed by atoms with van der Waals surface area (Å²) < 4.78 is 26.9. The SMILES string of the molecule is CCOP(=O)(OCC)Oc1cccnc1. The van der Waals surface area contributed by atoms with Crippen LogP contribution in [0.4, 0.5) is 0 Å². The molecule has 0 saturated carbocycles. The molecule has 0 N–H and O–H groups in total. The first-order valence-electron chi connectivity index (χ1n) is 4.69. The van der Waals surface area contributed by atoms with Gasteiger partial charge in [0.25, 0.3) is 0 Å². The molecule has 1 rings (SSSR count). The molecule has 0 aliphatic heterocycles. The average molecular weight is 231 g/mol. The van der Waals surface area contributed by atoms with Crippen LogP contribution in [0.1, 0.15) is 13.8 Å². The second kappa shape index (κ2) is 5.85. The Morgan fingerprint density at radius 1 is 1.33 bits per heavy atom. The Labute approximate surface area is 89.0 Å². The fourth-order valence-electron chi connectivity index (χ4n) is 0.936. The molecular weight excluding hydrogens is 217 g/mol. The van der Waals surface area contributed by atoms with Crippen LogP contribution in [0.3, 0.4) is 0 Å². The summed E-state index contributed by atoms with van der Waals surface area (Å²) in [6.07, 6.45) is 3.05. The first-order chi connectivity index (χ1) is 7.20. The predicted octanol–water partition coefficient (Wildman–Crippen LogP) is 2.64. The van der Waals surface area contributed by atoms with E-state index >= 15 is 0 Å². The molecule has 0 aromatic carbocycles. The normalized spacial score (nSPS) is 11.3. The Morgan fingerprint density at radius 3 is 2.47 bits per heavy atom. The second-order valence-electron chi connectivity index (χ2n) is 2.56. The van der Waals surface area contributed by atoms with Gasteiger partial charge in [-0.3, -0.25) is 14.0 Å². The molecular formula is C9H14NO4P. The van der Waals surface area contributed by atoms with E-state index in [1.165, 1.54) is 6.20 Å². The quantitative estimate of drug-likeness (QED) is 0.704. The molecule has 0 unspecified atom stereocenters. The minimum Gasteiger partial charge on any atom is -0.402 e. The van der Waals surface area contributed by atoms with Crippen molar-refractivity contribution in [3.05, 3.63) is 24.5 Å². The molecule has 0 fully saturated rings. The molecule has 1 aromatic heterocycles. The molecule has 1 heterocycles. The maximum absolute atomic E-state index is 11.9. The minimum absolute atomic E-state index is 0.261. The van der Waals surface area contributed by atoms with Crippen molar-refractivity contribution in [1.29, 1.82) is 0 Å². The molecule has 1 aromatic rings. The van der Waals surface area contributed by atoms with E-state index in [-0.39, 0.29) is 13.2 Å². The van der Waals surface area contributed by atoms with Crippen LogP contribution in [0.25, 0.3) is 0 Å². The number of phosphoric ester groups is 1. The molecule has 0 saturated heterocycles. The van der Waals surface area contributed by atoms with Gasteiger partial charge in [-0.2, -0.15) is 0 Å². The number of rotatable bonds is 6. The number of hydrogen-bond donors (Lipinski definition) is 0. The number of aromatic nitrogens is 1. The molecule has 0 radical (unpaired) electrons. The molecule has 0 amide bonds. The zero-order valence-corrected chi connectivity index (χ0v) is 9.65. The first kappa shape index (κ1) is 12.2. The summed E-state index contributed by atoms with van der Waals surface area (Å²) in [5.74, 6) is 0.364. The summed E-state index contributed by atoms with van der Waals surface area (Å²) in [5.41, 5.74) is 0. The summed E-state index contributed by atoms with van der Waals surface area (Å²) in [7, 11) is -3.48. The number of nitrogens with zero attached hydrogens (tertiary/aromatic N) is 1. The van der Waals surface area contributed by atoms with E-state index in [0.717, 1.165) is 0 Å². The lowest BCUT2D eigenvalue weighted by Gasteiger charge is -2.16. The van der Waals surface area contributed by atoms with Crippen LogP contribution >= 0.6 is 7.82 Å². The predicted molar refractivity (Wildman–Crippen MR) is 55.7 cm³/mol. The van der Waals surface area contributed by atoms with Gasteiger partial charge in [0.1, 0.15) is 5.75 Å². The lowest BCUT2D eigenvalue weighted by Crippen LogP contribution is -2.02. The molecule has 0 aliphatic carbocycles. The average Bonchev–Trinajstić information content (AvgIpc) is 2.19. The molecule has 6 heteroatoms. The summed E-state index contributed by atoms with van der Waals surface area (Å²) in [6, 6.07) is 3.31. The van der Waals surface area contributed by atoms with Crippen molar-refractivity contribution in [2.75, 3.05) is 13.2 Å². The van der Waals surface area contributed by atoms with Gasteiger partial charge in [0, 0.05) is 6.20 Å². The van der Waals surface area contributed by atoms with Crippen molar-refractivity contribution >= 4 is 7.82 Å². The van der Waals surface area contributed by atoms with Gasteiger partial charge in [-0.05, 0) is 26.0 Å². The van der Waals surface area contributed by atoms with Crippen LogP contribution in [0.2, 0.25) is 0 Å². The highest BCUT2D eigenvalue weighted by Gasteiger charge is 2.27. The zero-order valence-electron chi connectivity index (χ0n) is 8.75. The smallest absolute Gasteiger partial charge is 0.402 e. The van der Waals surface area contributed by atoms with E-state index in [4.69, 9.17) is 13.6 Å². The van der Waals surface area contributed by atoms with E-state index in [1.807, 2.05) is 0 Å². The van der Waals surface area contributed by atoms with Crippen LogP contribution in [0, 0.1) is 0 Å². The van der Waals surface area contributed by atoms with E-state index in [9.17, 15) is 4.57 Å². The largest absolute Gasteiger partial charge is 0.530 e.